The number of ether oxygens (including phenoxy) is 1. The smallest absolute Gasteiger partial charge is 0.145 e. The molecule has 0 saturated heterocycles. The number of para-hydroxylation sites is 5. The number of hydrogen-bond acceptors (Lipinski definition) is 3. The third kappa shape index (κ3) is 5.39. The van der Waals surface area contributed by atoms with Gasteiger partial charge in [-0.25, -0.2) is 9.97 Å². The number of imidazole rings is 1. The summed E-state index contributed by atoms with van der Waals surface area (Å²) in [5, 5.41) is 4.80. The molecule has 0 spiro atoms. The Hall–Kier alpha value is -8.22. The van der Waals surface area contributed by atoms with Gasteiger partial charge in [0.15, 0.2) is 0 Å². The van der Waals surface area contributed by atoms with Crippen LogP contribution in [0.15, 0.2) is 194 Å². The lowest BCUT2D eigenvalue weighted by molar-refractivity contribution is 0.483. The van der Waals surface area contributed by atoms with Crippen LogP contribution in [-0.2, 0) is 5.41 Å². The van der Waals surface area contributed by atoms with E-state index in [2.05, 4.69) is 198 Å². The SMILES string of the molecule is CC(C)(C)c1ccnc(-n2c3cc(Oc4cccc(-c5nc6ccccc6n5-c5ccccc5)c4)ccc3c3c4c(ccc32)-n2c3ccccc3c3cccc(c32)-c2ccccc2-4)c1. The topological polar surface area (TPSA) is 49.8 Å². The van der Waals surface area contributed by atoms with Crippen molar-refractivity contribution in [3.63, 3.8) is 0 Å². The van der Waals surface area contributed by atoms with E-state index in [-0.39, 0.29) is 5.41 Å². The normalized spacial score (nSPS) is 12.3. The largest absolute Gasteiger partial charge is 0.457 e. The van der Waals surface area contributed by atoms with E-state index in [0.717, 1.165) is 67.5 Å². The summed E-state index contributed by atoms with van der Waals surface area (Å²) in [6.07, 6.45) is 1.94. The minimum absolute atomic E-state index is 0.0700. The van der Waals surface area contributed by atoms with Gasteiger partial charge in [-0.05, 0) is 101 Å². The van der Waals surface area contributed by atoms with Gasteiger partial charge in [-0.2, -0.15) is 0 Å². The molecule has 304 valence electrons. The molecule has 0 amide bonds. The van der Waals surface area contributed by atoms with E-state index in [0.29, 0.717) is 0 Å². The minimum atomic E-state index is -0.0700. The van der Waals surface area contributed by atoms with Crippen molar-refractivity contribution in [3.8, 4) is 62.3 Å². The first-order valence-electron chi connectivity index (χ1n) is 21.9. The molecule has 0 unspecified atom stereocenters. The van der Waals surface area contributed by atoms with Crippen LogP contribution in [0.3, 0.4) is 0 Å². The van der Waals surface area contributed by atoms with Crippen LogP contribution < -0.4 is 4.74 Å². The predicted molar refractivity (Wildman–Crippen MR) is 263 cm³/mol. The first-order chi connectivity index (χ1) is 31.4. The summed E-state index contributed by atoms with van der Waals surface area (Å²) in [4.78, 5) is 10.2. The Labute approximate surface area is 369 Å². The zero-order valence-corrected chi connectivity index (χ0v) is 35.6. The second-order valence-corrected chi connectivity index (χ2v) is 17.8. The third-order valence-corrected chi connectivity index (χ3v) is 13.0. The van der Waals surface area contributed by atoms with Crippen molar-refractivity contribution in [3.05, 3.63) is 200 Å². The number of benzene rings is 8. The molecule has 0 aliphatic carbocycles. The van der Waals surface area contributed by atoms with Gasteiger partial charge in [-0.1, -0.05) is 124 Å². The molecule has 6 nitrogen and oxygen atoms in total. The van der Waals surface area contributed by atoms with Gasteiger partial charge in [0.25, 0.3) is 0 Å². The van der Waals surface area contributed by atoms with Crippen LogP contribution in [0.25, 0.3) is 105 Å². The van der Waals surface area contributed by atoms with Crippen molar-refractivity contribution < 1.29 is 4.74 Å². The molecule has 8 aromatic carbocycles. The quantitative estimate of drug-likeness (QED) is 0.174. The summed E-state index contributed by atoms with van der Waals surface area (Å²) < 4.78 is 13.9. The highest BCUT2D eigenvalue weighted by Gasteiger charge is 2.29. The van der Waals surface area contributed by atoms with Crippen LogP contribution in [-0.4, -0.2) is 23.7 Å². The molecule has 6 heteroatoms. The van der Waals surface area contributed by atoms with E-state index in [1.807, 2.05) is 30.5 Å². The van der Waals surface area contributed by atoms with Crippen LogP contribution in [0.1, 0.15) is 26.3 Å². The standard InChI is InChI=1S/C58H41N5O/c1-58(2,3)37-31-32-59-53(34-37)62-50-29-30-51-54(43-21-8-7-19-41(43)44-22-14-23-45-42-20-9-11-25-48(42)63(51)56(44)45)55(50)46-28-27-40(35-52(46)62)64-39-18-13-15-36(33-39)57-60-47-24-10-12-26-49(47)61(57)38-16-5-4-6-17-38/h4-35H,1-3H3. The first-order valence-corrected chi connectivity index (χ1v) is 21.9. The molecule has 0 bridgehead atoms. The second kappa shape index (κ2) is 13.6. The van der Waals surface area contributed by atoms with E-state index >= 15 is 0 Å². The summed E-state index contributed by atoms with van der Waals surface area (Å²) in [5.41, 5.74) is 15.7. The maximum Gasteiger partial charge on any atom is 0.145 e. The molecule has 0 atom stereocenters. The molecule has 0 fully saturated rings. The van der Waals surface area contributed by atoms with Gasteiger partial charge < -0.3 is 9.30 Å². The monoisotopic (exact) mass is 823 g/mol. The van der Waals surface area contributed by atoms with Crippen molar-refractivity contribution >= 4 is 54.6 Å². The highest BCUT2D eigenvalue weighted by Crippen LogP contribution is 2.51. The fourth-order valence-electron chi connectivity index (χ4n) is 10.2. The average Bonchev–Trinajstić information content (AvgIpc) is 3.97. The Morgan fingerprint density at radius 3 is 2.09 bits per heavy atom. The Bertz CT molecular complexity index is 3860. The highest BCUT2D eigenvalue weighted by molar-refractivity contribution is 6.22. The molecule has 5 heterocycles. The lowest BCUT2D eigenvalue weighted by atomic mass is 9.88. The van der Waals surface area contributed by atoms with Gasteiger partial charge in [0.1, 0.15) is 23.1 Å². The molecule has 0 saturated carbocycles. The van der Waals surface area contributed by atoms with Gasteiger partial charge in [0, 0.05) is 56.2 Å². The maximum absolute atomic E-state index is 6.87. The van der Waals surface area contributed by atoms with E-state index in [1.54, 1.807) is 0 Å². The highest BCUT2D eigenvalue weighted by atomic mass is 16.5. The summed E-state index contributed by atoms with van der Waals surface area (Å²) in [7, 11) is 0. The number of rotatable bonds is 5. The fourth-order valence-corrected chi connectivity index (χ4v) is 10.2. The number of hydrogen-bond donors (Lipinski definition) is 0. The van der Waals surface area contributed by atoms with E-state index in [9.17, 15) is 0 Å². The van der Waals surface area contributed by atoms with Gasteiger partial charge in [0.05, 0.1) is 38.8 Å². The van der Waals surface area contributed by atoms with Crippen LogP contribution in [0, 0.1) is 0 Å². The molecule has 1 aliphatic rings. The van der Waals surface area contributed by atoms with E-state index in [4.69, 9.17) is 14.7 Å². The van der Waals surface area contributed by atoms with Gasteiger partial charge in [0.2, 0.25) is 0 Å². The average molecular weight is 824 g/mol. The fraction of sp³-hybridized carbons (Fsp3) is 0.0690. The van der Waals surface area contributed by atoms with Gasteiger partial charge in [-0.3, -0.25) is 9.13 Å². The summed E-state index contributed by atoms with van der Waals surface area (Å²) in [6.45, 7) is 6.76. The summed E-state index contributed by atoms with van der Waals surface area (Å²) in [6, 6.07) is 66.9. The van der Waals surface area contributed by atoms with Crippen molar-refractivity contribution in [2.75, 3.05) is 0 Å². The third-order valence-electron chi connectivity index (χ3n) is 13.0. The molecule has 1 aliphatic heterocycles. The zero-order valence-electron chi connectivity index (χ0n) is 35.6. The number of aromatic nitrogens is 5. The lowest BCUT2D eigenvalue weighted by Gasteiger charge is -2.20. The van der Waals surface area contributed by atoms with Crippen LogP contribution in [0.4, 0.5) is 0 Å². The molecule has 0 N–H and O–H groups in total. The van der Waals surface area contributed by atoms with Gasteiger partial charge >= 0.3 is 0 Å². The maximum atomic E-state index is 6.87. The van der Waals surface area contributed by atoms with Crippen molar-refractivity contribution in [1.29, 1.82) is 0 Å². The van der Waals surface area contributed by atoms with Crippen LogP contribution in [0.5, 0.6) is 11.5 Å². The van der Waals surface area contributed by atoms with E-state index in [1.165, 1.54) is 55.0 Å². The zero-order chi connectivity index (χ0) is 42.7. The van der Waals surface area contributed by atoms with E-state index < -0.39 is 0 Å². The molecule has 12 aromatic rings. The molecular weight excluding hydrogens is 783 g/mol. The van der Waals surface area contributed by atoms with Crippen LogP contribution >= 0.6 is 0 Å². The first kappa shape index (κ1) is 36.4. The number of fused-ring (bicyclic) bond motifs is 13. The molecular formula is C58H41N5O. The van der Waals surface area contributed by atoms with Crippen LogP contribution in [0.2, 0.25) is 0 Å². The number of nitrogens with zero attached hydrogens (tertiary/aromatic N) is 5. The molecule has 13 rings (SSSR count). The van der Waals surface area contributed by atoms with Gasteiger partial charge in [-0.15, -0.1) is 0 Å². The van der Waals surface area contributed by atoms with Crippen molar-refractivity contribution in [2.24, 2.45) is 0 Å². The Morgan fingerprint density at radius 1 is 0.484 bits per heavy atom. The Kier molecular flexibility index (Phi) is 7.76. The molecule has 64 heavy (non-hydrogen) atoms. The summed E-state index contributed by atoms with van der Waals surface area (Å²) in [5.74, 6) is 3.18. The number of pyridine rings is 1. The molecule has 0 radical (unpaired) electrons. The Morgan fingerprint density at radius 2 is 1.22 bits per heavy atom. The Balaban J connectivity index is 1.04. The molecule has 4 aromatic heterocycles. The minimum Gasteiger partial charge on any atom is -0.457 e. The summed E-state index contributed by atoms with van der Waals surface area (Å²) >= 11 is 0. The second-order valence-electron chi connectivity index (χ2n) is 17.8. The van der Waals surface area contributed by atoms with Crippen molar-refractivity contribution in [1.82, 2.24) is 23.7 Å². The van der Waals surface area contributed by atoms with Crippen molar-refractivity contribution in [2.45, 2.75) is 26.2 Å². The lowest BCUT2D eigenvalue weighted by Crippen LogP contribution is -2.12. The predicted octanol–water partition coefficient (Wildman–Crippen LogP) is 15.0.